The molecule has 0 atom stereocenters. The maximum atomic E-state index is 13.8. The Labute approximate surface area is 619 Å². The van der Waals surface area contributed by atoms with Crippen molar-refractivity contribution >= 4 is 501 Å². The fourth-order valence-electron chi connectivity index (χ4n) is 3.56. The summed E-state index contributed by atoms with van der Waals surface area (Å²) in [6.07, 6.45) is 0.551. The average Bonchev–Trinajstić information content (AvgIpc) is 3.89. The first-order chi connectivity index (χ1) is 30.3. The number of aldehydes is 1. The first-order valence-electron chi connectivity index (χ1n) is 14.2. The number of rotatable bonds is 17. The van der Waals surface area contributed by atoms with Crippen LogP contribution in [0.4, 0.5) is 8.78 Å². The normalized spacial score (nSPS) is 13.6. The predicted molar refractivity (Wildman–Crippen MR) is 541 cm³/mol. The van der Waals surface area contributed by atoms with Gasteiger partial charge in [0.2, 0.25) is 0 Å². The van der Waals surface area contributed by atoms with Crippen molar-refractivity contribution in [2.45, 2.75) is 19.2 Å². The van der Waals surface area contributed by atoms with E-state index in [1.165, 1.54) is 18.2 Å². The molecule has 0 radical (unpaired) electrons. The Morgan fingerprint density at radius 3 is 1.32 bits per heavy atom. The molecule has 0 aliphatic rings. The van der Waals surface area contributed by atoms with E-state index in [1.54, 1.807) is 19.9 Å². The summed E-state index contributed by atoms with van der Waals surface area (Å²) in [7, 11) is -4.16. The molecule has 2 aromatic carbocycles. The van der Waals surface area contributed by atoms with Gasteiger partial charge in [-0.2, -0.15) is 0 Å². The van der Waals surface area contributed by atoms with E-state index in [0.29, 0.717) is 50.9 Å². The van der Waals surface area contributed by atoms with Crippen molar-refractivity contribution in [1.29, 1.82) is 0 Å². The van der Waals surface area contributed by atoms with Crippen molar-refractivity contribution in [2.24, 2.45) is 0 Å². The fraction of sp³-hybridized carbons (Fsp3) is 0.208. The van der Waals surface area contributed by atoms with Crippen molar-refractivity contribution in [1.82, 2.24) is 0 Å². The van der Waals surface area contributed by atoms with Gasteiger partial charge in [-0.25, -0.2) is 18.4 Å². The van der Waals surface area contributed by atoms with Crippen LogP contribution in [0, 0.1) is 11.6 Å². The van der Waals surface area contributed by atoms with Crippen LogP contribution in [0.1, 0.15) is 49.1 Å². The molecule has 2 heterocycles. The Balaban J connectivity index is 0.000000437. The molecule has 0 aliphatic heterocycles. The second-order valence-corrected chi connectivity index (χ2v) is 614. The summed E-state index contributed by atoms with van der Waals surface area (Å²) in [5.74, 6) is -1.79. The molecule has 0 amide bonds. The van der Waals surface area contributed by atoms with E-state index in [2.05, 4.69) is 346 Å². The number of hydrogen-bond acceptors (Lipinski definition) is 7. The van der Waals surface area contributed by atoms with Crippen molar-refractivity contribution < 1.29 is 45.9 Å². The first-order valence-corrected chi connectivity index (χ1v) is 188. The second-order valence-electron chi connectivity index (χ2n) is 8.91. The van der Waals surface area contributed by atoms with Gasteiger partial charge in [-0.3, -0.25) is 4.79 Å². The summed E-state index contributed by atoms with van der Waals surface area (Å²) in [4.78, 5) is 35.3. The van der Waals surface area contributed by atoms with E-state index in [1.807, 2.05) is 0 Å². The summed E-state index contributed by atoms with van der Waals surface area (Å²) >= 11 is 59.7. The van der Waals surface area contributed by atoms with Gasteiger partial charge in [-0.1, -0.05) is 47.8 Å². The van der Waals surface area contributed by atoms with Crippen LogP contribution in [0.2, 0.25) is 0 Å². The summed E-state index contributed by atoms with van der Waals surface area (Å²) < 4.78 is 39.4. The SMILES string of the molecule is CCOC(=O)c1sc2c(F)ccc(Br)c2c1C=O.CCOC(=O)c1sc2c(F)ccc(Br)c2c1CBr.II(I)I(I)I(I)I(I)I(I)I(I)I.I[I-]I(I)I(I)I(I)I(I)I(I)I(I)I. The van der Waals surface area contributed by atoms with Crippen molar-refractivity contribution in [3.63, 3.8) is 0 Å². The molecule has 65 heavy (non-hydrogen) atoms. The van der Waals surface area contributed by atoms with Crippen LogP contribution in [-0.4, -0.2) is 31.4 Å². The van der Waals surface area contributed by atoms with Crippen LogP contribution in [0.25, 0.3) is 20.2 Å². The predicted octanol–water partition coefficient (Wildman–Crippen LogP) is 30.5. The van der Waals surface area contributed by atoms with E-state index < -0.39 is 41.4 Å². The molecule has 5 nitrogen and oxygen atoms in total. The minimum absolute atomic E-state index is 0.132. The Kier molecular flexibility index (Phi) is 59.0. The molecular formula is C24H17Br3F2I29O5S2-. The second kappa shape index (κ2) is 46.5. The monoisotopic (exact) mass is 4400 g/mol. The number of esters is 2. The Hall–Kier alpha value is 19.4. The summed E-state index contributed by atoms with van der Waals surface area (Å²) in [6, 6.07) is 5.82. The topological polar surface area (TPSA) is 69.7 Å². The van der Waals surface area contributed by atoms with Gasteiger partial charge in [0.1, 0.15) is 21.4 Å². The zero-order valence-corrected chi connectivity index (χ0v) is 98.7. The Bertz CT molecular complexity index is 2130. The van der Waals surface area contributed by atoms with Gasteiger partial charge in [0.05, 0.1) is 22.6 Å². The number of benzene rings is 2. The van der Waals surface area contributed by atoms with Gasteiger partial charge < -0.3 is 9.47 Å². The molecule has 0 N–H and O–H groups in total. The van der Waals surface area contributed by atoms with Crippen LogP contribution < -0.4 is 13.3 Å². The molecule has 0 aliphatic carbocycles. The first kappa shape index (κ1) is 82.5. The zero-order chi connectivity index (χ0) is 50.2. The van der Waals surface area contributed by atoms with Crippen LogP contribution >= 0.6 is 463 Å². The van der Waals surface area contributed by atoms with Crippen molar-refractivity contribution in [3.8, 4) is 0 Å². The number of hydrogen-bond donors (Lipinski definition) is 0. The summed E-state index contributed by atoms with van der Waals surface area (Å²) in [6.45, 7) is 3.92. The van der Waals surface area contributed by atoms with Gasteiger partial charge in [-0.05, 0) is 43.7 Å². The van der Waals surface area contributed by atoms with Crippen LogP contribution in [0.5, 0.6) is 0 Å². The summed E-state index contributed by atoms with van der Waals surface area (Å²) in [5, 5.41) is 1.63. The van der Waals surface area contributed by atoms with Crippen LogP contribution in [-0.2, 0) is 14.8 Å². The third-order valence-corrected chi connectivity index (χ3v) is 1740. The van der Waals surface area contributed by atoms with Gasteiger partial charge in [0, 0.05) is 30.6 Å². The molecule has 0 spiro atoms. The minimum atomic E-state index is -0.605. The fourth-order valence-corrected chi connectivity index (χ4v) is 3570. The molecule has 4 rings (SSSR count). The molecule has 394 valence electrons. The Morgan fingerprint density at radius 1 is 0.615 bits per heavy atom. The van der Waals surface area contributed by atoms with Crippen molar-refractivity contribution in [3.05, 3.63) is 65.7 Å². The molecular weight excluding hydrogens is 4390 g/mol. The van der Waals surface area contributed by atoms with Crippen LogP contribution in [0.15, 0.2) is 33.2 Å². The maximum absolute atomic E-state index is 13.8. The van der Waals surface area contributed by atoms with E-state index in [0.717, 1.165) is 38.1 Å². The van der Waals surface area contributed by atoms with E-state index in [-0.39, 0.29) is 98.6 Å². The third-order valence-electron chi connectivity index (χ3n) is 5.65. The number of carbonyl (C=O) groups excluding carboxylic acids is 3. The van der Waals surface area contributed by atoms with Gasteiger partial charge in [0.25, 0.3) is 0 Å². The van der Waals surface area contributed by atoms with E-state index in [9.17, 15) is 23.2 Å². The molecule has 2 aromatic heterocycles. The molecule has 0 saturated carbocycles. The number of halogens is 34. The molecule has 4 aromatic rings. The number of ether oxygens (including phenoxy) is 2. The molecule has 0 fully saturated rings. The average molecular weight is 4410 g/mol. The molecule has 0 unspecified atom stereocenters. The number of carbonyl (C=O) groups is 3. The van der Waals surface area contributed by atoms with E-state index in [4.69, 9.17) is 9.47 Å². The molecule has 41 heteroatoms. The van der Waals surface area contributed by atoms with Gasteiger partial charge in [-0.15, -0.1) is 22.7 Å². The Morgan fingerprint density at radius 2 is 0.969 bits per heavy atom. The number of fused-ring (bicyclic) bond motifs is 2. The number of alkyl halides is 1. The zero-order valence-electron chi connectivity index (χ0n) is 29.7. The molecule has 0 saturated heterocycles. The summed E-state index contributed by atoms with van der Waals surface area (Å²) in [5.41, 5.74) is 0.930. The van der Waals surface area contributed by atoms with Gasteiger partial charge >= 0.3 is 418 Å². The van der Waals surface area contributed by atoms with Gasteiger partial charge in [0.15, 0.2) is 6.29 Å². The third kappa shape index (κ3) is 29.3. The van der Waals surface area contributed by atoms with E-state index >= 15 is 0 Å². The van der Waals surface area contributed by atoms with Crippen molar-refractivity contribution in [2.75, 3.05) is 13.2 Å². The number of thiophene rings is 2. The van der Waals surface area contributed by atoms with Crippen LogP contribution in [0.3, 0.4) is 0 Å². The quantitative estimate of drug-likeness (QED) is 0.0456. The molecule has 0 bridgehead atoms. The standard InChI is InChI=1S/C12H9Br2FO2S.C12H8BrFO3S.I15.I14/c1-2-17-12(16)10-6(5-13)9-7(14)3-4-8(15)11(9)18-10;1-2-17-12(16)10-6(5-15)9-7(13)3-4-8(14)11(9)18-10;1-9-11(4)13(6)15(8)14(7)12(5)10(2)3;1-9(2)11(5)13(7)14(8)12(6)10(3)4/h3-4H,2,5H2,1H3;3-5H,2H2,1H3;;/q;;-1;.